The van der Waals surface area contributed by atoms with Gasteiger partial charge >= 0.3 is 42.5 Å². The number of hydrogen-bond acceptors (Lipinski definition) is 27. The first-order chi connectivity index (χ1) is 35.3. The highest BCUT2D eigenvalue weighted by molar-refractivity contribution is 7.66. The minimum Gasteiger partial charge on any atom is -0.387 e. The van der Waals surface area contributed by atoms with E-state index in [0.29, 0.717) is 0 Å². The van der Waals surface area contributed by atoms with E-state index in [4.69, 9.17) is 53.2 Å². The standard InChI is InChI=1S/C34H48N12O25P4/c1-4-43-13-46(28-20(43)29(51)42-33(36)41-28)30-21(48)14(7-61-2)15(66-30)8-64-73(55,56)70-75(59,60)71-74(57,58)65-10-17-24(25(62-3)32(68-17)45-12-39-19-26(35)37-11-38-27(19)45)69-72(53,54)63-9-16-22(49)23(50)31(67-16)44-6-5-18(47)40-34(44)52/h5-6,11-17,21-25,30-32,48-50H,4,7-10H2,1-3H3,(H9-,35,36,37,38,40,41,42,47,51,52,53,54,55,56,57,58,59,60)/p+1/t14-,15-,16-,17-,21-,22-,23-,24-,25-,30-,31-,32-/m1/s1. The number of nitrogen functional groups attached to an aromatic ring is 2. The number of methoxy groups -OCH3 is 2. The molecule has 8 heterocycles. The van der Waals surface area contributed by atoms with E-state index >= 15 is 0 Å². The summed E-state index contributed by atoms with van der Waals surface area (Å²) in [5.41, 5.74) is 9.40. The summed E-state index contributed by atoms with van der Waals surface area (Å²) in [5.74, 6) is -1.39. The van der Waals surface area contributed by atoms with Gasteiger partial charge in [0.15, 0.2) is 23.9 Å². The Labute approximate surface area is 417 Å². The zero-order valence-electron chi connectivity index (χ0n) is 38.9. The fraction of sp³-hybridized carbons (Fsp3) is 0.588. The fourth-order valence-electron chi connectivity index (χ4n) is 8.42. The van der Waals surface area contributed by atoms with Gasteiger partial charge < -0.3 is 70.0 Å². The minimum atomic E-state index is -6.18. The molecule has 0 aromatic carbocycles. The number of ether oxygens (including phenoxy) is 5. The van der Waals surface area contributed by atoms with E-state index in [0.717, 1.165) is 36.6 Å². The number of hydrogen-bond donors (Lipinski definition) is 11. The number of anilines is 2. The second-order valence-electron chi connectivity index (χ2n) is 16.5. The average molecular weight is 1150 g/mol. The molecule has 3 aliphatic heterocycles. The van der Waals surface area contributed by atoms with Crippen LogP contribution in [-0.2, 0) is 75.2 Å². The Hall–Kier alpha value is -4.62. The molecule has 0 saturated carbocycles. The molecule has 8 rings (SSSR count). The van der Waals surface area contributed by atoms with E-state index in [1.165, 1.54) is 27.1 Å². The largest absolute Gasteiger partial charge is 0.490 e. The van der Waals surface area contributed by atoms with Crippen LogP contribution < -0.4 is 32.8 Å². The number of H-pyrrole nitrogens is 2. The van der Waals surface area contributed by atoms with Gasteiger partial charge in [0.1, 0.15) is 54.6 Å². The molecule has 3 saturated heterocycles. The molecule has 16 atom stereocenters. The summed E-state index contributed by atoms with van der Waals surface area (Å²) in [6, 6.07) is 0.926. The van der Waals surface area contributed by atoms with Crippen LogP contribution in [0.15, 0.2) is 45.6 Å². The number of phosphoric ester groups is 3. The molecule has 0 amide bonds. The first-order valence-electron chi connectivity index (χ1n) is 21.7. The quantitative estimate of drug-likeness (QED) is 0.0237. The summed E-state index contributed by atoms with van der Waals surface area (Å²) in [5, 5.41) is 32.6. The highest BCUT2D eigenvalue weighted by Crippen LogP contribution is 2.68. The molecule has 37 nitrogen and oxygen atoms in total. The molecule has 75 heavy (non-hydrogen) atoms. The topological polar surface area (TPSA) is 516 Å². The maximum atomic E-state index is 13.6. The van der Waals surface area contributed by atoms with Crippen LogP contribution in [0.25, 0.3) is 22.3 Å². The maximum Gasteiger partial charge on any atom is 0.490 e. The van der Waals surface area contributed by atoms with E-state index in [1.807, 2.05) is 4.98 Å². The minimum absolute atomic E-state index is 0.00362. The number of aromatic amines is 2. The molecule has 414 valence electrons. The SMILES string of the molecule is CC[n+]1cn([C@@H]2O[C@H](COP(=O)(O)OP(=O)(O)OP(=O)(O)OC[C@H]3O[C@@H](n4cnc5c(N)ncnc54)[C@H](OC)[C@@H]3OP(=O)(O)OC[C@H]3O[C@@H](n4ccc(=O)[nH]c4=O)[C@H](O)[C@@H]3O)[C@@H](COC)[C@H]2O)c2nc(N)[nH]c(=O)c21. The summed E-state index contributed by atoms with van der Waals surface area (Å²) < 4.78 is 115. The van der Waals surface area contributed by atoms with Gasteiger partial charge in [-0.15, -0.1) is 0 Å². The summed E-state index contributed by atoms with van der Waals surface area (Å²) >= 11 is 0. The molecular formula is C34H49N12O25P4+. The number of nitrogens with zero attached hydrogens (tertiary/aromatic N) is 8. The van der Waals surface area contributed by atoms with Crippen molar-refractivity contribution in [3.05, 3.63) is 62.4 Å². The van der Waals surface area contributed by atoms with Crippen LogP contribution in [0.3, 0.4) is 0 Å². The van der Waals surface area contributed by atoms with E-state index < -0.39 is 141 Å². The molecule has 3 fully saturated rings. The van der Waals surface area contributed by atoms with Gasteiger partial charge in [0.25, 0.3) is 16.7 Å². The molecule has 5 aromatic heterocycles. The highest BCUT2D eigenvalue weighted by Gasteiger charge is 2.54. The van der Waals surface area contributed by atoms with Gasteiger partial charge in [0.05, 0.1) is 45.4 Å². The van der Waals surface area contributed by atoms with Crippen LogP contribution >= 0.6 is 31.3 Å². The smallest absolute Gasteiger partial charge is 0.387 e. The number of aromatic nitrogens is 10. The second-order valence-corrected chi connectivity index (χ2v) is 22.6. The lowest BCUT2D eigenvalue weighted by Gasteiger charge is -2.26. The summed E-state index contributed by atoms with van der Waals surface area (Å²) in [7, 11) is -21.0. The second kappa shape index (κ2) is 22.0. The van der Waals surface area contributed by atoms with Crippen molar-refractivity contribution in [1.29, 1.82) is 0 Å². The average Bonchev–Trinajstić information content (AvgIpc) is 4.13. The number of aliphatic hydroxyl groups excluding tert-OH is 3. The van der Waals surface area contributed by atoms with Crippen molar-refractivity contribution < 1.29 is 108 Å². The molecular weight excluding hydrogens is 1100 g/mol. The lowest BCUT2D eigenvalue weighted by Crippen LogP contribution is -2.38. The Morgan fingerprint density at radius 2 is 1.35 bits per heavy atom. The number of aryl methyl sites for hydroxylation is 1. The van der Waals surface area contributed by atoms with Gasteiger partial charge in [-0.2, -0.15) is 18.2 Å². The van der Waals surface area contributed by atoms with Crippen LogP contribution in [-0.4, -0.2) is 168 Å². The molecule has 13 N–H and O–H groups in total. The lowest BCUT2D eigenvalue weighted by atomic mass is 9.99. The van der Waals surface area contributed by atoms with Crippen LogP contribution in [0.4, 0.5) is 11.8 Å². The van der Waals surface area contributed by atoms with Gasteiger partial charge in [-0.3, -0.25) is 46.8 Å². The van der Waals surface area contributed by atoms with Gasteiger partial charge in [0, 0.05) is 32.4 Å². The first kappa shape index (κ1) is 56.6. The number of imidazole rings is 2. The van der Waals surface area contributed by atoms with Crippen LogP contribution in [0.5, 0.6) is 0 Å². The zero-order chi connectivity index (χ0) is 54.5. The molecule has 5 aromatic rings. The molecule has 0 bridgehead atoms. The number of nitrogens with two attached hydrogens (primary N) is 2. The van der Waals surface area contributed by atoms with Crippen molar-refractivity contribution in [3.8, 4) is 0 Å². The number of aliphatic hydroxyl groups is 3. The summed E-state index contributed by atoms with van der Waals surface area (Å²) in [6.45, 7) is -1.50. The van der Waals surface area contributed by atoms with Gasteiger partial charge in [-0.05, 0) is 6.92 Å². The van der Waals surface area contributed by atoms with Crippen molar-refractivity contribution in [2.24, 2.45) is 5.92 Å². The number of rotatable bonds is 22. The van der Waals surface area contributed by atoms with E-state index in [9.17, 15) is 67.5 Å². The molecule has 0 spiro atoms. The van der Waals surface area contributed by atoms with E-state index in [2.05, 4.69) is 33.5 Å². The molecule has 4 unspecified atom stereocenters. The normalized spacial score (nSPS) is 30.4. The number of nitrogens with one attached hydrogen (secondary N) is 2. The molecule has 3 aliphatic rings. The Kier molecular flexibility index (Phi) is 16.6. The molecule has 0 radical (unpaired) electrons. The Morgan fingerprint density at radius 3 is 2.00 bits per heavy atom. The highest BCUT2D eigenvalue weighted by atomic mass is 31.3. The third kappa shape index (κ3) is 12.1. The van der Waals surface area contributed by atoms with Crippen LogP contribution in [0.2, 0.25) is 0 Å². The lowest BCUT2D eigenvalue weighted by molar-refractivity contribution is -0.669. The number of fused-ring (bicyclic) bond motifs is 2. The van der Waals surface area contributed by atoms with Gasteiger partial charge in [-0.25, -0.2) is 42.6 Å². The zero-order valence-corrected chi connectivity index (χ0v) is 42.4. The molecule has 0 aliphatic carbocycles. The van der Waals surface area contributed by atoms with Crippen molar-refractivity contribution in [1.82, 2.24) is 43.6 Å². The number of phosphoric acid groups is 4. The Morgan fingerprint density at radius 1 is 0.720 bits per heavy atom. The van der Waals surface area contributed by atoms with E-state index in [1.54, 1.807) is 6.92 Å². The van der Waals surface area contributed by atoms with Gasteiger partial charge in [-0.1, -0.05) is 0 Å². The summed E-state index contributed by atoms with van der Waals surface area (Å²) in [4.78, 5) is 99.7. The van der Waals surface area contributed by atoms with Crippen LogP contribution in [0, 0.1) is 5.92 Å². The molecule has 41 heteroatoms. The predicted octanol–water partition coefficient (Wildman–Crippen LogP) is -3.49. The van der Waals surface area contributed by atoms with Crippen molar-refractivity contribution >= 4 is 65.4 Å². The summed E-state index contributed by atoms with van der Waals surface area (Å²) in [6.07, 6.45) is -13.2. The van der Waals surface area contributed by atoms with Gasteiger partial charge in [0.2, 0.25) is 18.5 Å². The Balaban J connectivity index is 0.941. The van der Waals surface area contributed by atoms with Crippen molar-refractivity contribution in [2.75, 3.05) is 52.1 Å². The monoisotopic (exact) mass is 1150 g/mol. The third-order valence-electron chi connectivity index (χ3n) is 11.7. The van der Waals surface area contributed by atoms with Crippen molar-refractivity contribution in [2.45, 2.75) is 81.0 Å². The van der Waals surface area contributed by atoms with Crippen LogP contribution in [0.1, 0.15) is 25.6 Å². The maximum absolute atomic E-state index is 13.6. The first-order valence-corrected chi connectivity index (χ1v) is 27.7. The fourth-order valence-corrected chi connectivity index (χ4v) is 12.9. The Bertz CT molecular complexity index is 3280. The van der Waals surface area contributed by atoms with Crippen molar-refractivity contribution in [3.63, 3.8) is 0 Å². The predicted molar refractivity (Wildman–Crippen MR) is 242 cm³/mol. The third-order valence-corrected chi connectivity index (χ3v) is 17.0. The van der Waals surface area contributed by atoms with E-state index in [-0.39, 0.29) is 47.2 Å².